The minimum atomic E-state index is -0.402. The number of amides is 2. The predicted octanol–water partition coefficient (Wildman–Crippen LogP) is 0.817. The van der Waals surface area contributed by atoms with Gasteiger partial charge in [0.1, 0.15) is 5.82 Å². The molecule has 0 saturated heterocycles. The monoisotopic (exact) mass is 317 g/mol. The van der Waals surface area contributed by atoms with Crippen LogP contribution in [0.4, 0.5) is 10.3 Å². The molecule has 2 aromatic rings. The molecule has 0 aliphatic heterocycles. The van der Waals surface area contributed by atoms with E-state index in [4.69, 9.17) is 0 Å². The summed E-state index contributed by atoms with van der Waals surface area (Å²) >= 11 is 0. The summed E-state index contributed by atoms with van der Waals surface area (Å²) in [5, 5.41) is 8.02. The van der Waals surface area contributed by atoms with E-state index in [1.165, 1.54) is 36.7 Å². The van der Waals surface area contributed by atoms with Crippen LogP contribution in [0.3, 0.4) is 0 Å². The van der Waals surface area contributed by atoms with Crippen molar-refractivity contribution in [2.75, 3.05) is 25.5 Å². The number of hydrogen-bond donors (Lipinski definition) is 3. The fraction of sp³-hybridized carbons (Fsp3) is 0.200. The molecule has 0 spiro atoms. The number of nitrogens with zero attached hydrogens (tertiary/aromatic N) is 2. The lowest BCUT2D eigenvalue weighted by Gasteiger charge is -2.07. The van der Waals surface area contributed by atoms with Gasteiger partial charge in [0.2, 0.25) is 5.95 Å². The molecule has 1 aromatic heterocycles. The highest BCUT2D eigenvalue weighted by Crippen LogP contribution is 2.02. The minimum Gasteiger partial charge on any atom is -0.357 e. The largest absolute Gasteiger partial charge is 0.357 e. The zero-order chi connectivity index (χ0) is 16.7. The second-order valence-corrected chi connectivity index (χ2v) is 4.56. The van der Waals surface area contributed by atoms with E-state index in [-0.39, 0.29) is 24.9 Å². The number of nitrogens with one attached hydrogen (secondary N) is 3. The number of aromatic nitrogens is 2. The van der Waals surface area contributed by atoms with Crippen LogP contribution in [0, 0.1) is 5.82 Å². The normalized spacial score (nSPS) is 10.0. The van der Waals surface area contributed by atoms with Crippen molar-refractivity contribution in [2.45, 2.75) is 0 Å². The van der Waals surface area contributed by atoms with Gasteiger partial charge in [0.15, 0.2) is 0 Å². The SMILES string of the molecule is CNc1ncc(C(=O)NCCNC(=O)c2ccc(F)cc2)cn1. The third-order valence-corrected chi connectivity index (χ3v) is 2.94. The van der Waals surface area contributed by atoms with Crippen molar-refractivity contribution in [1.29, 1.82) is 0 Å². The molecule has 0 fully saturated rings. The van der Waals surface area contributed by atoms with Crippen molar-refractivity contribution >= 4 is 17.8 Å². The van der Waals surface area contributed by atoms with E-state index in [9.17, 15) is 14.0 Å². The van der Waals surface area contributed by atoms with E-state index in [2.05, 4.69) is 25.9 Å². The Morgan fingerprint density at radius 1 is 0.957 bits per heavy atom. The Labute approximate surface area is 132 Å². The highest BCUT2D eigenvalue weighted by atomic mass is 19.1. The Bertz CT molecular complexity index is 673. The smallest absolute Gasteiger partial charge is 0.254 e. The molecule has 23 heavy (non-hydrogen) atoms. The van der Waals surface area contributed by atoms with E-state index < -0.39 is 5.82 Å². The third-order valence-electron chi connectivity index (χ3n) is 2.94. The van der Waals surface area contributed by atoms with Crippen LogP contribution in [0.2, 0.25) is 0 Å². The van der Waals surface area contributed by atoms with Crippen LogP contribution in [0.15, 0.2) is 36.7 Å². The van der Waals surface area contributed by atoms with E-state index in [0.29, 0.717) is 17.1 Å². The van der Waals surface area contributed by atoms with Crippen molar-refractivity contribution in [1.82, 2.24) is 20.6 Å². The molecule has 2 amide bonds. The molecule has 0 aliphatic carbocycles. The number of carbonyl (C=O) groups is 2. The fourth-order valence-electron chi connectivity index (χ4n) is 1.73. The van der Waals surface area contributed by atoms with Crippen molar-refractivity contribution in [3.63, 3.8) is 0 Å². The van der Waals surface area contributed by atoms with Crippen LogP contribution in [0.5, 0.6) is 0 Å². The number of halogens is 1. The van der Waals surface area contributed by atoms with Crippen LogP contribution in [-0.4, -0.2) is 41.9 Å². The fourth-order valence-corrected chi connectivity index (χ4v) is 1.73. The number of anilines is 1. The van der Waals surface area contributed by atoms with E-state index in [0.717, 1.165) is 0 Å². The Hall–Kier alpha value is -3.03. The summed E-state index contributed by atoms with van der Waals surface area (Å²) in [7, 11) is 1.68. The number of hydrogen-bond acceptors (Lipinski definition) is 5. The van der Waals surface area contributed by atoms with Crippen LogP contribution in [0.1, 0.15) is 20.7 Å². The molecule has 0 aliphatic rings. The summed E-state index contributed by atoms with van der Waals surface area (Å²) in [4.78, 5) is 31.5. The van der Waals surface area contributed by atoms with Gasteiger partial charge in [0, 0.05) is 38.1 Å². The van der Waals surface area contributed by atoms with Gasteiger partial charge in [0.05, 0.1) is 5.56 Å². The van der Waals surface area contributed by atoms with Crippen LogP contribution < -0.4 is 16.0 Å². The highest BCUT2D eigenvalue weighted by molar-refractivity contribution is 5.94. The lowest BCUT2D eigenvalue weighted by molar-refractivity contribution is 0.0927. The lowest BCUT2D eigenvalue weighted by atomic mass is 10.2. The maximum atomic E-state index is 12.8. The summed E-state index contributed by atoms with van der Waals surface area (Å²) in [5.41, 5.74) is 0.683. The topological polar surface area (TPSA) is 96.0 Å². The van der Waals surface area contributed by atoms with Crippen LogP contribution >= 0.6 is 0 Å². The van der Waals surface area contributed by atoms with Gasteiger partial charge in [-0.1, -0.05) is 0 Å². The van der Waals surface area contributed by atoms with E-state index in [1.54, 1.807) is 7.05 Å². The standard InChI is InChI=1S/C15H16FN5O2/c1-17-15-20-8-11(9-21-15)14(23)19-7-6-18-13(22)10-2-4-12(16)5-3-10/h2-5,8-9H,6-7H2,1H3,(H,18,22)(H,19,23)(H,17,20,21). The average molecular weight is 317 g/mol. The van der Waals surface area contributed by atoms with Gasteiger partial charge >= 0.3 is 0 Å². The third kappa shape index (κ3) is 4.73. The van der Waals surface area contributed by atoms with Gasteiger partial charge < -0.3 is 16.0 Å². The first-order chi connectivity index (χ1) is 11.1. The minimum absolute atomic E-state index is 0.247. The van der Waals surface area contributed by atoms with Gasteiger partial charge in [-0.3, -0.25) is 9.59 Å². The Kier molecular flexibility index (Phi) is 5.56. The van der Waals surface area contributed by atoms with Gasteiger partial charge in [-0.15, -0.1) is 0 Å². The molecule has 1 heterocycles. The molecule has 0 unspecified atom stereocenters. The zero-order valence-corrected chi connectivity index (χ0v) is 12.5. The van der Waals surface area contributed by atoms with Crippen molar-refractivity contribution < 1.29 is 14.0 Å². The molecule has 2 rings (SSSR count). The average Bonchev–Trinajstić information content (AvgIpc) is 2.59. The first kappa shape index (κ1) is 16.3. The molecule has 3 N–H and O–H groups in total. The molecule has 8 heteroatoms. The molecule has 0 bridgehead atoms. The summed E-state index contributed by atoms with van der Waals surface area (Å²) in [6, 6.07) is 5.21. The van der Waals surface area contributed by atoms with Gasteiger partial charge in [-0.25, -0.2) is 14.4 Å². The molecule has 7 nitrogen and oxygen atoms in total. The molecular weight excluding hydrogens is 301 g/mol. The summed E-state index contributed by atoms with van der Waals surface area (Å²) < 4.78 is 12.8. The van der Waals surface area contributed by atoms with Gasteiger partial charge in [-0.2, -0.15) is 0 Å². The first-order valence-corrected chi connectivity index (χ1v) is 6.92. The molecule has 1 aromatic carbocycles. The van der Waals surface area contributed by atoms with Crippen molar-refractivity contribution in [2.24, 2.45) is 0 Å². The number of benzene rings is 1. The Morgan fingerprint density at radius 3 is 2.00 bits per heavy atom. The van der Waals surface area contributed by atoms with E-state index in [1.807, 2.05) is 0 Å². The molecular formula is C15H16FN5O2. The lowest BCUT2D eigenvalue weighted by Crippen LogP contribution is -2.34. The Morgan fingerprint density at radius 2 is 1.48 bits per heavy atom. The zero-order valence-electron chi connectivity index (χ0n) is 12.5. The second kappa shape index (κ2) is 7.83. The molecule has 0 saturated carbocycles. The Balaban J connectivity index is 1.75. The molecule has 0 radical (unpaired) electrons. The summed E-state index contributed by atoms with van der Waals surface area (Å²) in [5.74, 6) is -0.641. The first-order valence-electron chi connectivity index (χ1n) is 6.92. The number of carbonyl (C=O) groups excluding carboxylic acids is 2. The van der Waals surface area contributed by atoms with Gasteiger partial charge in [-0.05, 0) is 24.3 Å². The van der Waals surface area contributed by atoms with Crippen molar-refractivity contribution in [3.8, 4) is 0 Å². The van der Waals surface area contributed by atoms with Crippen LogP contribution in [-0.2, 0) is 0 Å². The van der Waals surface area contributed by atoms with Crippen LogP contribution in [0.25, 0.3) is 0 Å². The molecule has 0 atom stereocenters. The quantitative estimate of drug-likeness (QED) is 0.686. The second-order valence-electron chi connectivity index (χ2n) is 4.56. The van der Waals surface area contributed by atoms with Gasteiger partial charge in [0.25, 0.3) is 11.8 Å². The number of rotatable bonds is 6. The highest BCUT2D eigenvalue weighted by Gasteiger charge is 2.07. The maximum absolute atomic E-state index is 12.8. The van der Waals surface area contributed by atoms with Crippen molar-refractivity contribution in [3.05, 3.63) is 53.6 Å². The summed E-state index contributed by atoms with van der Waals surface area (Å²) in [6.07, 6.45) is 2.82. The summed E-state index contributed by atoms with van der Waals surface area (Å²) in [6.45, 7) is 0.497. The maximum Gasteiger partial charge on any atom is 0.254 e. The molecule has 120 valence electrons. The van der Waals surface area contributed by atoms with E-state index >= 15 is 0 Å². The predicted molar refractivity (Wildman–Crippen MR) is 82.6 cm³/mol.